The van der Waals surface area contributed by atoms with E-state index < -0.39 is 20.0 Å². The van der Waals surface area contributed by atoms with Crippen molar-refractivity contribution in [2.24, 2.45) is 0 Å². The molecule has 0 saturated carbocycles. The summed E-state index contributed by atoms with van der Waals surface area (Å²) < 4.78 is 60.5. The molecule has 0 spiro atoms. The summed E-state index contributed by atoms with van der Waals surface area (Å²) in [4.78, 5) is 16.5. The summed E-state index contributed by atoms with van der Waals surface area (Å²) in [5.41, 5.74) is 4.42. The van der Waals surface area contributed by atoms with Crippen LogP contribution in [0.1, 0.15) is 12.0 Å². The van der Waals surface area contributed by atoms with E-state index >= 15 is 0 Å². The van der Waals surface area contributed by atoms with E-state index in [1.165, 1.54) is 0 Å². The molecule has 226 valence electrons. The van der Waals surface area contributed by atoms with Crippen molar-refractivity contribution in [3.63, 3.8) is 0 Å². The number of ether oxygens (including phenoxy) is 1. The van der Waals surface area contributed by atoms with Gasteiger partial charge in [-0.1, -0.05) is 30.8 Å². The summed E-state index contributed by atoms with van der Waals surface area (Å²) in [6, 6.07) is 16.3. The molecular formula is C29H33N7O5S2. The number of benzene rings is 2. The molecule has 43 heavy (non-hydrogen) atoms. The number of anilines is 3. The molecule has 3 N–H and O–H groups in total. The summed E-state index contributed by atoms with van der Waals surface area (Å²) in [5.74, 6) is 0.666. The maximum absolute atomic E-state index is 13.1. The normalized spacial score (nSPS) is 17.8. The first-order valence-electron chi connectivity index (χ1n) is 13.9. The van der Waals surface area contributed by atoms with E-state index in [-0.39, 0.29) is 11.8 Å². The predicted molar refractivity (Wildman–Crippen MR) is 168 cm³/mol. The maximum atomic E-state index is 13.1. The van der Waals surface area contributed by atoms with Crippen LogP contribution < -0.4 is 19.2 Å². The molecule has 14 heteroatoms. The SMILES string of the molecule is C=CS(=O)(=O)N[C@H]1CCN(c2cccc(CS(=O)(=O)Nc3ccc(-c4cc5c(N6CCOCC6)ncnc5[nH]4)cc3)c2)C1. The Morgan fingerprint density at radius 2 is 1.79 bits per heavy atom. The number of rotatable bonds is 10. The Bertz CT molecular complexity index is 1840. The molecule has 0 amide bonds. The number of hydrogen-bond donors (Lipinski definition) is 3. The van der Waals surface area contributed by atoms with Gasteiger partial charge in [-0.05, 0) is 47.9 Å². The van der Waals surface area contributed by atoms with Gasteiger partial charge in [0.2, 0.25) is 20.0 Å². The van der Waals surface area contributed by atoms with Gasteiger partial charge in [0.15, 0.2) is 0 Å². The third kappa shape index (κ3) is 6.82. The number of nitrogens with one attached hydrogen (secondary N) is 3. The minimum atomic E-state index is -3.70. The maximum Gasteiger partial charge on any atom is 0.236 e. The van der Waals surface area contributed by atoms with Crippen molar-refractivity contribution in [3.05, 3.63) is 78.5 Å². The number of fused-ring (bicyclic) bond motifs is 1. The Morgan fingerprint density at radius 1 is 1.00 bits per heavy atom. The lowest BCUT2D eigenvalue weighted by Crippen LogP contribution is -2.36. The summed E-state index contributed by atoms with van der Waals surface area (Å²) >= 11 is 0. The molecule has 4 aromatic rings. The molecule has 12 nitrogen and oxygen atoms in total. The van der Waals surface area contributed by atoms with E-state index in [2.05, 4.69) is 35.9 Å². The number of morpholine rings is 1. The lowest BCUT2D eigenvalue weighted by Gasteiger charge is -2.27. The van der Waals surface area contributed by atoms with Gasteiger partial charge in [0, 0.05) is 54.7 Å². The molecule has 2 fully saturated rings. The summed E-state index contributed by atoms with van der Waals surface area (Å²) in [6.07, 6.45) is 2.20. The summed E-state index contributed by atoms with van der Waals surface area (Å²) in [6.45, 7) is 7.34. The Balaban J connectivity index is 1.11. The quantitative estimate of drug-likeness (QED) is 0.242. The molecule has 2 saturated heterocycles. The lowest BCUT2D eigenvalue weighted by atomic mass is 10.1. The molecule has 2 aliphatic rings. The Hall–Kier alpha value is -3.98. The van der Waals surface area contributed by atoms with Crippen molar-refractivity contribution in [2.45, 2.75) is 18.2 Å². The van der Waals surface area contributed by atoms with Gasteiger partial charge in [-0.25, -0.2) is 31.5 Å². The van der Waals surface area contributed by atoms with Gasteiger partial charge in [-0.3, -0.25) is 4.72 Å². The van der Waals surface area contributed by atoms with Crippen LogP contribution in [0.4, 0.5) is 17.2 Å². The van der Waals surface area contributed by atoms with Gasteiger partial charge in [0.1, 0.15) is 17.8 Å². The summed E-state index contributed by atoms with van der Waals surface area (Å²) in [5, 5.41) is 1.83. The average Bonchev–Trinajstić information content (AvgIpc) is 3.65. The minimum Gasteiger partial charge on any atom is -0.378 e. The highest BCUT2D eigenvalue weighted by Gasteiger charge is 2.26. The molecule has 6 rings (SSSR count). The Morgan fingerprint density at radius 3 is 2.56 bits per heavy atom. The standard InChI is InChI=1S/C29H33N7O5S2/c1-2-42(37,38)34-24-10-11-36(18-24)25-5-3-4-21(16-25)19-43(39,40)33-23-8-6-22(7-9-23)27-17-26-28(32-27)30-20-31-29(26)35-12-14-41-15-13-35/h2-9,16-17,20,24,33-34H,1,10-15,18-19H2,(H,30,31,32)/t24-/m0/s1. The fraction of sp³-hybridized carbons (Fsp3) is 0.310. The van der Waals surface area contributed by atoms with Crippen LogP contribution in [0.3, 0.4) is 0 Å². The Labute approximate surface area is 250 Å². The molecule has 4 heterocycles. The van der Waals surface area contributed by atoms with Crippen LogP contribution >= 0.6 is 0 Å². The van der Waals surface area contributed by atoms with Gasteiger partial charge < -0.3 is 19.5 Å². The number of aromatic nitrogens is 3. The van der Waals surface area contributed by atoms with Crippen LogP contribution in [-0.4, -0.2) is 77.2 Å². The second kappa shape index (κ2) is 12.0. The van der Waals surface area contributed by atoms with Crippen molar-refractivity contribution in [2.75, 3.05) is 53.9 Å². The smallest absolute Gasteiger partial charge is 0.236 e. The van der Waals surface area contributed by atoms with Crippen molar-refractivity contribution in [1.29, 1.82) is 0 Å². The van der Waals surface area contributed by atoms with E-state index in [9.17, 15) is 16.8 Å². The highest BCUT2D eigenvalue weighted by Crippen LogP contribution is 2.30. The second-order valence-corrected chi connectivity index (χ2v) is 14.0. The van der Waals surface area contributed by atoms with Crippen LogP contribution in [0.2, 0.25) is 0 Å². The molecule has 0 bridgehead atoms. The predicted octanol–water partition coefficient (Wildman–Crippen LogP) is 3.04. The van der Waals surface area contributed by atoms with Crippen LogP contribution in [0, 0.1) is 0 Å². The average molecular weight is 624 g/mol. The molecule has 0 radical (unpaired) electrons. The van der Waals surface area contributed by atoms with Crippen molar-refractivity contribution < 1.29 is 21.6 Å². The fourth-order valence-corrected chi connectivity index (χ4v) is 7.42. The molecule has 1 atom stereocenters. The molecule has 0 unspecified atom stereocenters. The first kappa shape index (κ1) is 29.1. The third-order valence-electron chi connectivity index (χ3n) is 7.56. The summed E-state index contributed by atoms with van der Waals surface area (Å²) in [7, 11) is -7.21. The highest BCUT2D eigenvalue weighted by molar-refractivity contribution is 7.92. The van der Waals surface area contributed by atoms with Gasteiger partial charge in [-0.2, -0.15) is 0 Å². The van der Waals surface area contributed by atoms with Crippen LogP contribution in [0.25, 0.3) is 22.3 Å². The molecular weight excluding hydrogens is 590 g/mol. The van der Waals surface area contributed by atoms with E-state index in [0.29, 0.717) is 44.0 Å². The van der Waals surface area contributed by atoms with Crippen LogP contribution in [-0.2, 0) is 30.5 Å². The lowest BCUT2D eigenvalue weighted by molar-refractivity contribution is 0.122. The van der Waals surface area contributed by atoms with Gasteiger partial charge in [0.25, 0.3) is 0 Å². The van der Waals surface area contributed by atoms with Gasteiger partial charge in [-0.15, -0.1) is 0 Å². The monoisotopic (exact) mass is 623 g/mol. The molecule has 0 aliphatic carbocycles. The van der Waals surface area contributed by atoms with E-state index in [1.54, 1.807) is 24.5 Å². The number of nitrogens with zero attached hydrogens (tertiary/aromatic N) is 4. The fourth-order valence-electron chi connectivity index (χ4n) is 5.48. The van der Waals surface area contributed by atoms with Gasteiger partial charge in [0.05, 0.1) is 24.4 Å². The molecule has 2 aromatic carbocycles. The first-order chi connectivity index (χ1) is 20.7. The number of hydrogen-bond acceptors (Lipinski definition) is 9. The number of H-pyrrole nitrogens is 1. The highest BCUT2D eigenvalue weighted by atomic mass is 32.2. The third-order valence-corrected chi connectivity index (χ3v) is 9.92. The number of sulfonamides is 2. The number of aromatic amines is 1. The second-order valence-electron chi connectivity index (χ2n) is 10.6. The van der Waals surface area contributed by atoms with Crippen LogP contribution in [0.5, 0.6) is 0 Å². The van der Waals surface area contributed by atoms with Gasteiger partial charge >= 0.3 is 0 Å². The van der Waals surface area contributed by atoms with Crippen molar-refractivity contribution in [3.8, 4) is 11.3 Å². The largest absolute Gasteiger partial charge is 0.378 e. The zero-order chi connectivity index (χ0) is 30.0. The van der Waals surface area contributed by atoms with Crippen molar-refractivity contribution in [1.82, 2.24) is 19.7 Å². The molecule has 2 aromatic heterocycles. The molecule has 2 aliphatic heterocycles. The topological polar surface area (TPSA) is 150 Å². The van der Waals surface area contributed by atoms with E-state index in [4.69, 9.17) is 4.74 Å². The Kier molecular flexibility index (Phi) is 8.09. The van der Waals surface area contributed by atoms with Crippen molar-refractivity contribution >= 4 is 48.3 Å². The first-order valence-corrected chi connectivity index (χ1v) is 17.1. The van der Waals surface area contributed by atoms with E-state index in [1.807, 2.05) is 41.3 Å². The van der Waals surface area contributed by atoms with Crippen LogP contribution in [0.15, 0.2) is 72.9 Å². The minimum absolute atomic E-state index is 0.200. The van der Waals surface area contributed by atoms with E-state index in [0.717, 1.165) is 52.3 Å². The zero-order valence-electron chi connectivity index (χ0n) is 23.4. The zero-order valence-corrected chi connectivity index (χ0v) is 25.1.